The molecule has 0 unspecified atom stereocenters. The number of nitrogens with zero attached hydrogens (tertiary/aromatic N) is 4. The third-order valence-corrected chi connectivity index (χ3v) is 20.4. The quantitative estimate of drug-likeness (QED) is 0.0560. The van der Waals surface area contributed by atoms with Crippen LogP contribution >= 0.6 is 0 Å². The van der Waals surface area contributed by atoms with E-state index in [-0.39, 0.29) is 27.5 Å². The normalized spacial score (nSPS) is 15.6. The van der Waals surface area contributed by atoms with Crippen LogP contribution in [0.25, 0.3) is 72.3 Å². The van der Waals surface area contributed by atoms with Crippen LogP contribution in [-0.2, 0) is 21.7 Å². The van der Waals surface area contributed by atoms with Gasteiger partial charge in [-0.2, -0.15) is 0 Å². The van der Waals surface area contributed by atoms with Crippen molar-refractivity contribution in [1.82, 2.24) is 14.1 Å². The summed E-state index contributed by atoms with van der Waals surface area (Å²) in [6, 6.07) is 24.0. The first-order valence-corrected chi connectivity index (χ1v) is 31.5. The van der Waals surface area contributed by atoms with Gasteiger partial charge in [-0.05, 0) is 142 Å². The van der Waals surface area contributed by atoms with Crippen LogP contribution < -0.4 is 30.1 Å². The summed E-state index contributed by atoms with van der Waals surface area (Å²) < 4.78 is 194. The molecule has 0 spiro atoms. The minimum atomic E-state index is -6.22. The summed E-state index contributed by atoms with van der Waals surface area (Å²) in [4.78, 5) is 4.90. The third kappa shape index (κ3) is 10.6. The Morgan fingerprint density at radius 2 is 1.06 bits per heavy atom. The Morgan fingerprint density at radius 1 is 0.455 bits per heavy atom. The first-order valence-electron chi connectivity index (χ1n) is 39.0. The Labute approximate surface area is 548 Å². The number of aromatic nitrogens is 4. The average molecular weight is 1180 g/mol. The molecule has 3 aromatic heterocycles. The van der Waals surface area contributed by atoms with Crippen molar-refractivity contribution in [2.45, 2.75) is 105 Å². The predicted octanol–water partition coefficient (Wildman–Crippen LogP) is 17.9. The van der Waals surface area contributed by atoms with E-state index in [0.717, 1.165) is 55.4 Å². The van der Waals surface area contributed by atoms with Crippen LogP contribution in [-0.4, -0.2) is 22.2 Å². The highest BCUT2D eigenvalue weighted by Gasteiger charge is 2.42. The van der Waals surface area contributed by atoms with Gasteiger partial charge in [-0.25, -0.2) is 4.98 Å². The number of imidazole rings is 1. The zero-order valence-corrected chi connectivity index (χ0v) is 52.5. The molecular weight excluding hydrogens is 1090 g/mol. The molecule has 13 rings (SSSR count). The van der Waals surface area contributed by atoms with Gasteiger partial charge in [0.2, 0.25) is 0 Å². The topological polar surface area (TPSA) is 35.9 Å². The molecule has 0 amide bonds. The molecule has 0 atom stereocenters. The van der Waals surface area contributed by atoms with Crippen LogP contribution in [0.1, 0.15) is 131 Å². The van der Waals surface area contributed by atoms with E-state index >= 15 is 0 Å². The molecule has 0 aliphatic heterocycles. The molecule has 0 N–H and O–H groups in total. The number of hydrogen-bond acceptors (Lipinski definition) is 2. The van der Waals surface area contributed by atoms with Crippen molar-refractivity contribution < 1.29 is 35.3 Å². The van der Waals surface area contributed by atoms with E-state index in [1.807, 2.05) is 110 Å². The largest absolute Gasteiger partial charge is 0.458 e. The predicted molar refractivity (Wildman–Crippen MR) is 372 cm³/mol. The van der Waals surface area contributed by atoms with Crippen LogP contribution in [0, 0.1) is 6.33 Å². The van der Waals surface area contributed by atoms with Crippen molar-refractivity contribution in [2.24, 2.45) is 0 Å². The minimum Gasteiger partial charge on any atom is -0.458 e. The molecule has 0 fully saturated rings. The molecular formula is C82H78N4OSi. The summed E-state index contributed by atoms with van der Waals surface area (Å²) in [5.74, 6) is 1.73. The zero-order valence-electron chi connectivity index (χ0n) is 70.5. The van der Waals surface area contributed by atoms with Crippen LogP contribution in [0.4, 0.5) is 0 Å². The van der Waals surface area contributed by atoms with E-state index in [1.54, 1.807) is 16.7 Å². The molecule has 5 nitrogen and oxygen atoms in total. The Kier molecular flexibility index (Phi) is 9.90. The van der Waals surface area contributed by atoms with Crippen molar-refractivity contribution in [2.75, 3.05) is 0 Å². The minimum absolute atomic E-state index is 0.0237. The molecule has 0 saturated carbocycles. The first kappa shape index (κ1) is 39.4. The molecule has 0 aliphatic carbocycles. The summed E-state index contributed by atoms with van der Waals surface area (Å²) in [6.07, 6.45) is 5.53. The molecule has 88 heavy (non-hydrogen) atoms. The zero-order chi connectivity index (χ0) is 77.9. The summed E-state index contributed by atoms with van der Waals surface area (Å²) in [5, 5.41) is -1.65. The van der Waals surface area contributed by atoms with Gasteiger partial charge in [-0.3, -0.25) is 13.7 Å². The summed E-state index contributed by atoms with van der Waals surface area (Å²) in [6.45, 7) is 25.4. The second-order valence-corrected chi connectivity index (χ2v) is 30.0. The van der Waals surface area contributed by atoms with Crippen molar-refractivity contribution in [3.05, 3.63) is 283 Å². The van der Waals surface area contributed by atoms with Crippen LogP contribution in [0.15, 0.2) is 254 Å². The highest BCUT2D eigenvalue weighted by molar-refractivity contribution is 7.19. The van der Waals surface area contributed by atoms with E-state index in [2.05, 4.69) is 116 Å². The Bertz CT molecular complexity index is 5650. The lowest BCUT2D eigenvalue weighted by molar-refractivity contribution is -0.572. The van der Waals surface area contributed by atoms with Crippen molar-refractivity contribution in [3.8, 4) is 50.9 Å². The second kappa shape index (κ2) is 22.1. The monoisotopic (exact) mass is 1180 g/mol. The van der Waals surface area contributed by atoms with Gasteiger partial charge < -0.3 is 4.74 Å². The fourth-order valence-corrected chi connectivity index (χ4v) is 15.3. The van der Waals surface area contributed by atoms with Gasteiger partial charge in [-0.1, -0.05) is 271 Å². The second-order valence-electron chi connectivity index (χ2n) is 26.5. The number of benzene rings is 10. The smallest absolute Gasteiger partial charge is 0.269 e. The first-order chi connectivity index (χ1) is 50.0. The van der Waals surface area contributed by atoms with Crippen molar-refractivity contribution in [3.63, 3.8) is 0 Å². The molecule has 0 aliphatic rings. The number of ether oxygens (including phenoxy) is 1. The summed E-state index contributed by atoms with van der Waals surface area (Å²) in [5.41, 5.74) is 7.53. The summed E-state index contributed by atoms with van der Waals surface area (Å²) >= 11 is 0. The Morgan fingerprint density at radius 3 is 1.69 bits per heavy atom. The van der Waals surface area contributed by atoms with E-state index < -0.39 is 155 Å². The lowest BCUT2D eigenvalue weighted by atomic mass is 9.79. The Balaban J connectivity index is 1.13. The van der Waals surface area contributed by atoms with Crippen LogP contribution in [0.3, 0.4) is 0 Å². The SMILES string of the molecule is [2H]c1c([2H])c([2H])c([Si](c2c([2H])c([2H])c([2H])c([2H])c2[2H])(c2c([2H])c([2H])c([2H])c([2H])c2[2H])c2c([2H])c([2H])c([2H])c(-c3cccc(C(C)(C)C)c3-[n+]3[c-]n(-c4cccc(Oc5ccc6c7ccccc7n(-c7cc(C(C)(C)C)ccn7)c6c5)c4)c4cc(-c5cc(C(C)(C)C)cc(C(C)(C)C)c5)ccc43)c2[2H])c([2H])c1[2H]. The average Bonchev–Trinajstić information content (AvgIpc) is 1.46. The number of rotatable bonds is 11. The number of hydrogen-bond donors (Lipinski definition) is 0. The van der Waals surface area contributed by atoms with Gasteiger partial charge in [0.25, 0.3) is 6.33 Å². The number of pyridine rings is 1. The third-order valence-electron chi connectivity index (χ3n) is 16.4. The highest BCUT2D eigenvalue weighted by atomic mass is 28.3. The lowest BCUT2D eigenvalue weighted by Gasteiger charge is -2.35. The fraction of sp³-hybridized carbons (Fsp3) is 0.195. The molecule has 3 heterocycles. The molecule has 0 bridgehead atoms. The van der Waals surface area contributed by atoms with Gasteiger partial charge in [0.1, 0.15) is 17.3 Å². The number of para-hydroxylation sites is 2. The highest BCUT2D eigenvalue weighted by Crippen LogP contribution is 2.40. The molecule has 10 aromatic carbocycles. The van der Waals surface area contributed by atoms with E-state index in [9.17, 15) is 21.9 Å². The van der Waals surface area contributed by atoms with Gasteiger partial charge in [0, 0.05) is 23.0 Å². The molecule has 0 radical (unpaired) electrons. The van der Waals surface area contributed by atoms with Crippen LogP contribution in [0.2, 0.25) is 0 Å². The van der Waals surface area contributed by atoms with E-state index in [4.69, 9.17) is 13.8 Å². The number of fused-ring (bicyclic) bond motifs is 4. The maximum absolute atomic E-state index is 11.0. The summed E-state index contributed by atoms with van der Waals surface area (Å²) in [7, 11) is -6.22. The van der Waals surface area contributed by atoms with E-state index in [1.165, 1.54) is 0 Å². The van der Waals surface area contributed by atoms with Gasteiger partial charge in [0.15, 0.2) is 8.07 Å². The fourth-order valence-electron chi connectivity index (χ4n) is 11.7. The molecule has 6 heteroatoms. The molecule has 436 valence electrons. The van der Waals surface area contributed by atoms with Gasteiger partial charge >= 0.3 is 0 Å². The van der Waals surface area contributed by atoms with Crippen molar-refractivity contribution in [1.29, 1.82) is 0 Å². The maximum atomic E-state index is 11.0. The lowest BCUT2D eigenvalue weighted by Crippen LogP contribution is -2.74. The molecule has 13 aromatic rings. The van der Waals surface area contributed by atoms with Gasteiger partial charge in [-0.15, -0.1) is 0 Å². The van der Waals surface area contributed by atoms with Crippen LogP contribution in [0.5, 0.6) is 11.5 Å². The van der Waals surface area contributed by atoms with Gasteiger partial charge in [0.05, 0.1) is 59.5 Å². The maximum Gasteiger partial charge on any atom is 0.269 e. The van der Waals surface area contributed by atoms with E-state index in [0.29, 0.717) is 33.8 Å². The molecule has 0 saturated heterocycles. The standard InChI is InChI=1S/C82H78N4OSi/c1-79(2,3)59-45-46-83-77(52-59)86-73-40-23-22-37-70(73)71-43-42-64(54-75(71)86)87-63-29-25-28-62(53-63)84-55-85(74-44-41-56(50-76(74)84)58-47-60(80(4,5)6)51-61(48-58)81(7,8)9)78-69(38-26-39-72(78)82(10,11)12)57-27-24-36-68(49-57)88(65-30-16-13-17-31-65,66-32-18-14-19-33-66)67-34-20-15-21-35-67/h13-54H,1-12H3/i13D,14D,15D,16D,17D,18D,19D,20D,21D,24D,27D,30D,31D,32D,33D,34D,35D,36D,49D. The Hall–Kier alpha value is -9.36. The van der Waals surface area contributed by atoms with Crippen molar-refractivity contribution >= 4 is 61.7 Å².